The summed E-state index contributed by atoms with van der Waals surface area (Å²) in [7, 11) is 1.61. The van der Waals surface area contributed by atoms with Crippen LogP contribution < -0.4 is 20.1 Å². The number of amides is 1. The Morgan fingerprint density at radius 3 is 2.72 bits per heavy atom. The second kappa shape index (κ2) is 11.5. The number of fused-ring (bicyclic) bond motifs is 1. The minimum atomic E-state index is -0.496. The van der Waals surface area contributed by atoms with E-state index in [0.29, 0.717) is 34.8 Å². The van der Waals surface area contributed by atoms with Gasteiger partial charge in [0.05, 0.1) is 19.3 Å². The van der Waals surface area contributed by atoms with E-state index in [0.717, 1.165) is 41.1 Å². The van der Waals surface area contributed by atoms with E-state index in [-0.39, 0.29) is 5.91 Å². The molecule has 0 saturated carbocycles. The Morgan fingerprint density at radius 1 is 1.17 bits per heavy atom. The van der Waals surface area contributed by atoms with Gasteiger partial charge in [0.2, 0.25) is 11.1 Å². The van der Waals surface area contributed by atoms with Crippen molar-refractivity contribution in [1.29, 1.82) is 0 Å². The number of methoxy groups -OCH3 is 1. The summed E-state index contributed by atoms with van der Waals surface area (Å²) in [5.41, 5.74) is 3.95. The Labute approximate surface area is 216 Å². The number of hydrogen-bond acceptors (Lipinski definition) is 7. The summed E-state index contributed by atoms with van der Waals surface area (Å²) < 4.78 is 13.1. The summed E-state index contributed by atoms with van der Waals surface area (Å²) in [6.07, 6.45) is 2.19. The monoisotopic (exact) mass is 507 g/mol. The van der Waals surface area contributed by atoms with Gasteiger partial charge < -0.3 is 20.1 Å². The largest absolute Gasteiger partial charge is 0.493 e. The average Bonchev–Trinajstić information content (AvgIpc) is 3.25. The third kappa shape index (κ3) is 5.51. The smallest absolute Gasteiger partial charge is 0.255 e. The van der Waals surface area contributed by atoms with Crippen LogP contribution in [0.2, 0.25) is 0 Å². The molecule has 0 bridgehead atoms. The van der Waals surface area contributed by atoms with Gasteiger partial charge in [0.15, 0.2) is 11.5 Å². The Balaban J connectivity index is 1.78. The first-order valence-electron chi connectivity index (χ1n) is 12.2. The highest BCUT2D eigenvalue weighted by Gasteiger charge is 2.35. The molecule has 190 valence electrons. The van der Waals surface area contributed by atoms with Gasteiger partial charge in [-0.05, 0) is 62.6 Å². The molecule has 2 N–H and O–H groups in total. The predicted molar refractivity (Wildman–Crippen MR) is 144 cm³/mol. The molecular weight excluding hydrogens is 474 g/mol. The molecule has 2 aromatic carbocycles. The van der Waals surface area contributed by atoms with Crippen LogP contribution in [0.4, 0.5) is 11.6 Å². The molecular formula is C27H33N5O3S. The Morgan fingerprint density at radius 2 is 2.00 bits per heavy atom. The fourth-order valence-electron chi connectivity index (χ4n) is 4.16. The van der Waals surface area contributed by atoms with Crippen molar-refractivity contribution in [1.82, 2.24) is 14.8 Å². The molecule has 1 amide bonds. The maximum absolute atomic E-state index is 13.7. The summed E-state index contributed by atoms with van der Waals surface area (Å²) in [6.45, 7) is 8.48. The molecule has 1 unspecified atom stereocenters. The molecule has 1 aliphatic rings. The van der Waals surface area contributed by atoms with E-state index in [4.69, 9.17) is 19.6 Å². The number of aryl methyl sites for hydroxylation is 1. The summed E-state index contributed by atoms with van der Waals surface area (Å²) in [5.74, 6) is 2.60. The fraction of sp³-hybridized carbons (Fsp3) is 0.370. The van der Waals surface area contributed by atoms with Crippen LogP contribution >= 0.6 is 11.8 Å². The Kier molecular flexibility index (Phi) is 8.20. The van der Waals surface area contributed by atoms with Crippen molar-refractivity contribution in [2.75, 3.05) is 30.1 Å². The first-order valence-corrected chi connectivity index (χ1v) is 13.2. The van der Waals surface area contributed by atoms with Gasteiger partial charge in [0.25, 0.3) is 5.91 Å². The molecule has 0 radical (unpaired) electrons. The lowest BCUT2D eigenvalue weighted by atomic mass is 9.94. The molecule has 9 heteroatoms. The number of ether oxygens (including phenoxy) is 2. The summed E-state index contributed by atoms with van der Waals surface area (Å²) in [4.78, 5) is 18.4. The Bertz CT molecular complexity index is 1270. The number of allylic oxidation sites excluding steroid dienone is 1. The minimum absolute atomic E-state index is 0.203. The molecule has 0 saturated heterocycles. The van der Waals surface area contributed by atoms with Gasteiger partial charge in [0, 0.05) is 17.1 Å². The summed E-state index contributed by atoms with van der Waals surface area (Å²) in [5, 5.41) is 11.9. The van der Waals surface area contributed by atoms with Crippen LogP contribution in [0.5, 0.6) is 11.5 Å². The zero-order valence-electron chi connectivity index (χ0n) is 21.4. The summed E-state index contributed by atoms with van der Waals surface area (Å²) in [6, 6.07) is 13.0. The van der Waals surface area contributed by atoms with Crippen molar-refractivity contribution < 1.29 is 14.3 Å². The van der Waals surface area contributed by atoms with Crippen LogP contribution in [0.25, 0.3) is 0 Å². The number of unbranched alkanes of at least 4 members (excludes halogenated alkanes) is 1. The second-order valence-electron chi connectivity index (χ2n) is 8.60. The number of carbonyl (C=O) groups excluding carboxylic acids is 1. The van der Waals surface area contributed by atoms with E-state index in [1.165, 1.54) is 0 Å². The van der Waals surface area contributed by atoms with E-state index in [1.54, 1.807) is 23.6 Å². The SMILES string of the molecule is CCCCSc1nc2n(n1)C(c1ccc(OC)c(OCC)c1)C(C(=O)Nc1cccc(C)c1)=C(C)N2. The first-order chi connectivity index (χ1) is 17.4. The molecule has 1 aliphatic heterocycles. The highest BCUT2D eigenvalue weighted by molar-refractivity contribution is 7.99. The Hall–Kier alpha value is -3.46. The van der Waals surface area contributed by atoms with Crippen molar-refractivity contribution in [2.24, 2.45) is 0 Å². The number of rotatable bonds is 10. The normalized spacial score (nSPS) is 14.8. The molecule has 0 fully saturated rings. The number of thioether (sulfide) groups is 1. The van der Waals surface area contributed by atoms with E-state index in [9.17, 15) is 4.79 Å². The number of anilines is 2. The van der Waals surface area contributed by atoms with Gasteiger partial charge in [-0.3, -0.25) is 4.79 Å². The van der Waals surface area contributed by atoms with E-state index < -0.39 is 6.04 Å². The number of aromatic nitrogens is 3. The highest BCUT2D eigenvalue weighted by atomic mass is 32.2. The molecule has 4 rings (SSSR count). The van der Waals surface area contributed by atoms with Crippen molar-refractivity contribution in [3.05, 3.63) is 64.9 Å². The quantitative estimate of drug-likeness (QED) is 0.264. The van der Waals surface area contributed by atoms with Gasteiger partial charge in [-0.15, -0.1) is 5.10 Å². The van der Waals surface area contributed by atoms with Crippen LogP contribution in [0.15, 0.2) is 58.9 Å². The van der Waals surface area contributed by atoms with Gasteiger partial charge in [0.1, 0.15) is 6.04 Å². The van der Waals surface area contributed by atoms with Crippen molar-refractivity contribution >= 4 is 29.3 Å². The number of benzene rings is 2. The van der Waals surface area contributed by atoms with E-state index >= 15 is 0 Å². The van der Waals surface area contributed by atoms with E-state index in [1.807, 2.05) is 63.2 Å². The minimum Gasteiger partial charge on any atom is -0.493 e. The number of hydrogen-bond donors (Lipinski definition) is 2. The molecule has 0 aliphatic carbocycles. The molecule has 0 spiro atoms. The number of nitrogens with one attached hydrogen (secondary N) is 2. The summed E-state index contributed by atoms with van der Waals surface area (Å²) >= 11 is 1.62. The molecule has 2 heterocycles. The molecule has 36 heavy (non-hydrogen) atoms. The average molecular weight is 508 g/mol. The zero-order chi connectivity index (χ0) is 25.7. The zero-order valence-corrected chi connectivity index (χ0v) is 22.2. The number of nitrogens with zero attached hydrogens (tertiary/aromatic N) is 3. The van der Waals surface area contributed by atoms with Crippen LogP contribution in [0.1, 0.15) is 50.8 Å². The topological polar surface area (TPSA) is 90.3 Å². The molecule has 8 nitrogen and oxygen atoms in total. The molecule has 1 aromatic heterocycles. The lowest BCUT2D eigenvalue weighted by Crippen LogP contribution is -2.31. The van der Waals surface area contributed by atoms with Gasteiger partial charge >= 0.3 is 0 Å². The maximum Gasteiger partial charge on any atom is 0.255 e. The lowest BCUT2D eigenvalue weighted by Gasteiger charge is -2.29. The lowest BCUT2D eigenvalue weighted by molar-refractivity contribution is -0.113. The van der Waals surface area contributed by atoms with Crippen LogP contribution in [-0.2, 0) is 4.79 Å². The highest BCUT2D eigenvalue weighted by Crippen LogP contribution is 2.40. The first kappa shape index (κ1) is 25.6. The van der Waals surface area contributed by atoms with Gasteiger partial charge in [-0.25, -0.2) is 4.68 Å². The predicted octanol–water partition coefficient (Wildman–Crippen LogP) is 5.81. The van der Waals surface area contributed by atoms with Crippen molar-refractivity contribution in [3.63, 3.8) is 0 Å². The third-order valence-electron chi connectivity index (χ3n) is 5.89. The van der Waals surface area contributed by atoms with E-state index in [2.05, 4.69) is 17.6 Å². The van der Waals surface area contributed by atoms with Crippen LogP contribution in [0.3, 0.4) is 0 Å². The maximum atomic E-state index is 13.7. The number of carbonyl (C=O) groups is 1. The fourth-order valence-corrected chi connectivity index (χ4v) is 5.07. The molecule has 1 atom stereocenters. The van der Waals surface area contributed by atoms with Gasteiger partial charge in [-0.1, -0.05) is 43.3 Å². The van der Waals surface area contributed by atoms with Gasteiger partial charge in [-0.2, -0.15) is 4.98 Å². The second-order valence-corrected chi connectivity index (χ2v) is 9.66. The van der Waals surface area contributed by atoms with Crippen molar-refractivity contribution in [2.45, 2.75) is 51.7 Å². The molecule has 3 aromatic rings. The third-order valence-corrected chi connectivity index (χ3v) is 6.81. The van der Waals surface area contributed by atoms with Crippen LogP contribution in [0, 0.1) is 6.92 Å². The van der Waals surface area contributed by atoms with Crippen molar-refractivity contribution in [3.8, 4) is 11.5 Å². The standard InChI is InChI=1S/C27H33N5O3S/c1-6-8-14-36-27-30-26-28-18(4)23(25(33)29-20-11-9-10-17(3)15-20)24(32(26)31-27)19-12-13-21(34-5)22(16-19)35-7-2/h9-13,15-16,24H,6-8,14H2,1-5H3,(H,29,33)(H,28,30,31). The van der Waals surface area contributed by atoms with Crippen LogP contribution in [-0.4, -0.2) is 40.1 Å².